The van der Waals surface area contributed by atoms with Crippen molar-refractivity contribution in [3.63, 3.8) is 0 Å². The number of guanidine groups is 1. The van der Waals surface area contributed by atoms with Gasteiger partial charge in [0.2, 0.25) is 0 Å². The van der Waals surface area contributed by atoms with Gasteiger partial charge in [-0.3, -0.25) is 4.99 Å². The van der Waals surface area contributed by atoms with Gasteiger partial charge in [0.15, 0.2) is 5.96 Å². The Morgan fingerprint density at radius 1 is 1.56 bits per heavy atom. The van der Waals surface area contributed by atoms with Crippen LogP contribution in [0, 0.1) is 0 Å². The van der Waals surface area contributed by atoms with Crippen molar-refractivity contribution in [1.29, 1.82) is 0 Å². The topological polar surface area (TPSA) is 36.4 Å². The van der Waals surface area contributed by atoms with Crippen LogP contribution in [0.5, 0.6) is 0 Å². The Balaban J connectivity index is 0.00000225. The molecular weight excluding hydrogens is 357 g/mol. The van der Waals surface area contributed by atoms with E-state index in [0.717, 1.165) is 12.5 Å². The van der Waals surface area contributed by atoms with Crippen molar-refractivity contribution in [3.8, 4) is 0 Å². The predicted octanol–water partition coefficient (Wildman–Crippen LogP) is 2.78. The molecule has 16 heavy (non-hydrogen) atoms. The van der Waals surface area contributed by atoms with Crippen LogP contribution in [-0.2, 0) is 6.54 Å². The van der Waals surface area contributed by atoms with Crippen molar-refractivity contribution in [2.45, 2.75) is 6.54 Å². The van der Waals surface area contributed by atoms with Gasteiger partial charge >= 0.3 is 0 Å². The van der Waals surface area contributed by atoms with E-state index in [2.05, 4.69) is 33.7 Å². The van der Waals surface area contributed by atoms with E-state index in [0.29, 0.717) is 11.6 Å². The van der Waals surface area contributed by atoms with Crippen LogP contribution in [0.3, 0.4) is 0 Å². The van der Waals surface area contributed by atoms with E-state index in [4.69, 9.17) is 11.6 Å². The van der Waals surface area contributed by atoms with Crippen molar-refractivity contribution in [3.05, 3.63) is 34.0 Å². The molecule has 6 heteroatoms. The van der Waals surface area contributed by atoms with Crippen LogP contribution in [0.2, 0.25) is 0 Å². The Hall–Kier alpha value is -0.270. The Labute approximate surface area is 122 Å². The Morgan fingerprint density at radius 3 is 2.81 bits per heavy atom. The molecule has 0 aliphatic rings. The van der Waals surface area contributed by atoms with Gasteiger partial charge < -0.3 is 10.6 Å². The summed E-state index contributed by atoms with van der Waals surface area (Å²) < 4.78 is 0. The molecule has 0 fully saturated rings. The monoisotopic (exact) mass is 371 g/mol. The lowest BCUT2D eigenvalue weighted by molar-refractivity contribution is 0.847. The molecule has 0 bridgehead atoms. The fourth-order valence-electron chi connectivity index (χ4n) is 0.979. The first kappa shape index (κ1) is 15.7. The van der Waals surface area contributed by atoms with Crippen molar-refractivity contribution >= 4 is 52.9 Å². The van der Waals surface area contributed by atoms with Gasteiger partial charge in [0.05, 0.1) is 6.54 Å². The summed E-state index contributed by atoms with van der Waals surface area (Å²) in [4.78, 5) is 4.06. The zero-order valence-corrected chi connectivity index (χ0v) is 12.9. The van der Waals surface area contributed by atoms with Gasteiger partial charge in [0.25, 0.3) is 0 Å². The average Bonchev–Trinajstić information content (AvgIpc) is 2.70. The van der Waals surface area contributed by atoms with E-state index in [9.17, 15) is 0 Å². The van der Waals surface area contributed by atoms with Gasteiger partial charge in [0.1, 0.15) is 0 Å². The molecule has 0 aliphatic heterocycles. The van der Waals surface area contributed by atoms with Gasteiger partial charge in [-0.05, 0) is 22.4 Å². The minimum absolute atomic E-state index is 0. The molecule has 3 nitrogen and oxygen atoms in total. The van der Waals surface area contributed by atoms with Gasteiger partial charge in [0, 0.05) is 18.6 Å². The summed E-state index contributed by atoms with van der Waals surface area (Å²) in [7, 11) is 1.72. The molecule has 2 N–H and O–H groups in total. The zero-order valence-electron chi connectivity index (χ0n) is 9.00. The molecule has 0 aromatic carbocycles. The van der Waals surface area contributed by atoms with Crippen LogP contribution >= 0.6 is 46.9 Å². The molecule has 0 atom stereocenters. The third-order valence-electron chi connectivity index (χ3n) is 1.71. The van der Waals surface area contributed by atoms with E-state index in [1.807, 2.05) is 5.38 Å². The van der Waals surface area contributed by atoms with Crippen LogP contribution in [0.15, 0.2) is 33.4 Å². The van der Waals surface area contributed by atoms with Crippen LogP contribution < -0.4 is 10.6 Å². The average molecular weight is 372 g/mol. The number of aliphatic imine (C=N–C) groups is 1. The first-order chi connectivity index (χ1) is 7.22. The number of hydrogen-bond donors (Lipinski definition) is 2. The second kappa shape index (κ2) is 8.83. The molecule has 0 radical (unpaired) electrons. The van der Waals surface area contributed by atoms with E-state index in [-0.39, 0.29) is 24.0 Å². The standard InChI is InChI=1S/C10H14ClN3S.HI/c1-8(11)5-13-10(12-2)14-6-9-3-4-15-7-9;/h3-4,7H,1,5-6H2,2H3,(H2,12,13,14);1H. The molecule has 0 saturated heterocycles. The highest BCUT2D eigenvalue weighted by molar-refractivity contribution is 14.0. The number of thiophene rings is 1. The lowest BCUT2D eigenvalue weighted by Gasteiger charge is -2.10. The summed E-state index contributed by atoms with van der Waals surface area (Å²) in [6, 6.07) is 2.07. The van der Waals surface area contributed by atoms with Gasteiger partial charge in [-0.2, -0.15) is 11.3 Å². The second-order valence-electron chi connectivity index (χ2n) is 2.93. The Bertz CT molecular complexity index is 338. The maximum absolute atomic E-state index is 5.64. The van der Waals surface area contributed by atoms with Crippen molar-refractivity contribution in [1.82, 2.24) is 10.6 Å². The van der Waals surface area contributed by atoms with Gasteiger partial charge in [-0.15, -0.1) is 24.0 Å². The molecular formula is C10H15ClIN3S. The first-order valence-corrected chi connectivity index (χ1v) is 5.83. The summed E-state index contributed by atoms with van der Waals surface area (Å²) in [5.74, 6) is 0.725. The van der Waals surface area contributed by atoms with Crippen LogP contribution in [0.4, 0.5) is 0 Å². The number of nitrogens with one attached hydrogen (secondary N) is 2. The van der Waals surface area contributed by atoms with Crippen LogP contribution in [-0.4, -0.2) is 19.6 Å². The van der Waals surface area contributed by atoms with E-state index < -0.39 is 0 Å². The molecule has 0 amide bonds. The number of rotatable bonds is 4. The fourth-order valence-corrected chi connectivity index (χ4v) is 1.71. The Morgan fingerprint density at radius 2 is 2.31 bits per heavy atom. The molecule has 1 aromatic heterocycles. The molecule has 0 unspecified atom stereocenters. The highest BCUT2D eigenvalue weighted by atomic mass is 127. The van der Waals surface area contributed by atoms with Crippen molar-refractivity contribution in [2.24, 2.45) is 4.99 Å². The number of hydrogen-bond acceptors (Lipinski definition) is 2. The second-order valence-corrected chi connectivity index (χ2v) is 4.24. The molecule has 1 heterocycles. The number of halogens is 2. The molecule has 0 saturated carbocycles. The molecule has 1 aromatic rings. The smallest absolute Gasteiger partial charge is 0.191 e. The van der Waals surface area contributed by atoms with E-state index in [1.165, 1.54) is 5.56 Å². The zero-order chi connectivity index (χ0) is 11.1. The minimum atomic E-state index is 0. The first-order valence-electron chi connectivity index (χ1n) is 4.51. The summed E-state index contributed by atoms with van der Waals surface area (Å²) >= 11 is 7.32. The SMILES string of the molecule is C=C(Cl)CNC(=NC)NCc1ccsc1.I. The predicted molar refractivity (Wildman–Crippen MR) is 82.9 cm³/mol. The summed E-state index contributed by atoms with van der Waals surface area (Å²) in [6.07, 6.45) is 0. The largest absolute Gasteiger partial charge is 0.352 e. The molecule has 0 spiro atoms. The highest BCUT2D eigenvalue weighted by Crippen LogP contribution is 2.04. The molecule has 1 rings (SSSR count). The molecule has 90 valence electrons. The highest BCUT2D eigenvalue weighted by Gasteiger charge is 1.98. The lowest BCUT2D eigenvalue weighted by Crippen LogP contribution is -2.37. The minimum Gasteiger partial charge on any atom is -0.352 e. The summed E-state index contributed by atoms with van der Waals surface area (Å²) in [5, 5.41) is 10.9. The third-order valence-corrected chi connectivity index (χ3v) is 2.58. The normalized spacial score (nSPS) is 10.5. The van der Waals surface area contributed by atoms with Gasteiger partial charge in [-0.25, -0.2) is 0 Å². The Kier molecular flexibility index (Phi) is 8.68. The van der Waals surface area contributed by atoms with Gasteiger partial charge in [-0.1, -0.05) is 18.2 Å². The quantitative estimate of drug-likeness (QED) is 0.485. The maximum Gasteiger partial charge on any atom is 0.191 e. The van der Waals surface area contributed by atoms with Crippen molar-refractivity contribution in [2.75, 3.05) is 13.6 Å². The summed E-state index contributed by atoms with van der Waals surface area (Å²) in [5.41, 5.74) is 1.24. The molecule has 0 aliphatic carbocycles. The van der Waals surface area contributed by atoms with E-state index >= 15 is 0 Å². The fraction of sp³-hybridized carbons (Fsp3) is 0.300. The summed E-state index contributed by atoms with van der Waals surface area (Å²) in [6.45, 7) is 4.87. The third kappa shape index (κ3) is 6.34. The maximum atomic E-state index is 5.64. The number of nitrogens with zero attached hydrogens (tertiary/aromatic N) is 1. The van der Waals surface area contributed by atoms with Crippen LogP contribution in [0.25, 0.3) is 0 Å². The van der Waals surface area contributed by atoms with Crippen LogP contribution in [0.1, 0.15) is 5.56 Å². The van der Waals surface area contributed by atoms with Crippen molar-refractivity contribution < 1.29 is 0 Å². The van der Waals surface area contributed by atoms with E-state index in [1.54, 1.807) is 18.4 Å². The lowest BCUT2D eigenvalue weighted by atomic mass is 10.3.